The third kappa shape index (κ3) is 3.21. The van der Waals surface area contributed by atoms with Crippen molar-refractivity contribution < 1.29 is 18.8 Å². The molecule has 1 heterocycles. The molecule has 0 radical (unpaired) electrons. The molecule has 3 rings (SSSR count). The number of rotatable bonds is 6. The molecular formula is C18H16FN3O3. The zero-order valence-electron chi connectivity index (χ0n) is 13.3. The smallest absolute Gasteiger partial charge is 0.261 e. The summed E-state index contributed by atoms with van der Waals surface area (Å²) >= 11 is 0. The molecule has 2 aromatic carbocycles. The van der Waals surface area contributed by atoms with Crippen molar-refractivity contribution in [3.05, 3.63) is 65.0 Å². The van der Waals surface area contributed by atoms with Crippen molar-refractivity contribution in [1.29, 1.82) is 0 Å². The topological polar surface area (TPSA) is 92.5 Å². The molecule has 7 heteroatoms. The van der Waals surface area contributed by atoms with Gasteiger partial charge in [0.1, 0.15) is 5.82 Å². The van der Waals surface area contributed by atoms with Crippen LogP contribution in [0.3, 0.4) is 0 Å². The lowest BCUT2D eigenvalue weighted by atomic mass is 10.1. The Morgan fingerprint density at radius 2 is 1.72 bits per heavy atom. The molecule has 3 amide bonds. The van der Waals surface area contributed by atoms with Gasteiger partial charge in [0.25, 0.3) is 17.7 Å². The Balaban J connectivity index is 1.54. The number of benzene rings is 2. The van der Waals surface area contributed by atoms with E-state index in [4.69, 9.17) is 5.73 Å². The quantitative estimate of drug-likeness (QED) is 0.621. The largest absolute Gasteiger partial charge is 0.385 e. The molecule has 3 N–H and O–H groups in total. The molecular weight excluding hydrogens is 325 g/mol. The van der Waals surface area contributed by atoms with Crippen molar-refractivity contribution in [2.45, 2.75) is 6.42 Å². The number of hydrogen-bond donors (Lipinski definition) is 2. The Kier molecular flexibility index (Phi) is 4.47. The first kappa shape index (κ1) is 16.6. The van der Waals surface area contributed by atoms with E-state index < -0.39 is 11.7 Å². The lowest BCUT2D eigenvalue weighted by molar-refractivity contribution is 0.0653. The summed E-state index contributed by atoms with van der Waals surface area (Å²) < 4.78 is 13.7. The van der Waals surface area contributed by atoms with Crippen molar-refractivity contribution in [3.63, 3.8) is 0 Å². The molecule has 0 aromatic heterocycles. The third-order valence-corrected chi connectivity index (χ3v) is 4.00. The van der Waals surface area contributed by atoms with Crippen LogP contribution in [0, 0.1) is 5.82 Å². The van der Waals surface area contributed by atoms with Gasteiger partial charge in [-0.25, -0.2) is 4.39 Å². The van der Waals surface area contributed by atoms with E-state index in [0.717, 1.165) is 0 Å². The maximum absolute atomic E-state index is 13.7. The summed E-state index contributed by atoms with van der Waals surface area (Å²) in [4.78, 5) is 36.6. The number of carbonyl (C=O) groups is 3. The average molecular weight is 341 g/mol. The Morgan fingerprint density at radius 3 is 2.28 bits per heavy atom. The van der Waals surface area contributed by atoms with Gasteiger partial charge < -0.3 is 11.1 Å². The van der Waals surface area contributed by atoms with Crippen molar-refractivity contribution in [2.75, 3.05) is 18.4 Å². The number of amides is 3. The molecule has 1 aliphatic rings. The van der Waals surface area contributed by atoms with E-state index in [-0.39, 0.29) is 23.9 Å². The molecule has 25 heavy (non-hydrogen) atoms. The molecule has 128 valence electrons. The average Bonchev–Trinajstić information content (AvgIpc) is 2.83. The molecule has 0 unspecified atom stereocenters. The maximum Gasteiger partial charge on any atom is 0.261 e. The standard InChI is InChI=1S/C18H16FN3O3/c19-15-10-11(6-7-14(15)16(20)23)21-8-3-9-22-17(24)12-4-1-2-5-13(12)18(22)25/h1-2,4-7,10,21H,3,8-9H2,(H2,20,23). The Labute approximate surface area is 143 Å². The molecule has 0 saturated heterocycles. The normalized spacial score (nSPS) is 13.1. The lowest BCUT2D eigenvalue weighted by Gasteiger charge is -2.14. The van der Waals surface area contributed by atoms with Crippen LogP contribution in [-0.2, 0) is 0 Å². The number of nitrogens with zero attached hydrogens (tertiary/aromatic N) is 1. The van der Waals surface area contributed by atoms with Gasteiger partial charge in [-0.05, 0) is 36.8 Å². The second-order valence-electron chi connectivity index (χ2n) is 5.65. The van der Waals surface area contributed by atoms with Gasteiger partial charge >= 0.3 is 0 Å². The first-order valence-electron chi connectivity index (χ1n) is 7.77. The van der Waals surface area contributed by atoms with E-state index in [1.165, 1.54) is 17.0 Å². The van der Waals surface area contributed by atoms with Crippen LogP contribution in [-0.4, -0.2) is 35.7 Å². The van der Waals surface area contributed by atoms with Crippen LogP contribution in [0.4, 0.5) is 10.1 Å². The summed E-state index contributed by atoms with van der Waals surface area (Å²) in [5, 5.41) is 2.99. The first-order valence-corrected chi connectivity index (χ1v) is 7.77. The van der Waals surface area contributed by atoms with Crippen molar-refractivity contribution >= 4 is 23.4 Å². The summed E-state index contributed by atoms with van der Waals surface area (Å²) in [6, 6.07) is 10.8. The van der Waals surface area contributed by atoms with Gasteiger partial charge in [-0.15, -0.1) is 0 Å². The summed E-state index contributed by atoms with van der Waals surface area (Å²) in [5.41, 5.74) is 6.21. The van der Waals surface area contributed by atoms with Crippen LogP contribution in [0.15, 0.2) is 42.5 Å². The fraction of sp³-hybridized carbons (Fsp3) is 0.167. The molecule has 0 spiro atoms. The molecule has 2 aromatic rings. The van der Waals surface area contributed by atoms with Crippen molar-refractivity contribution in [2.24, 2.45) is 5.73 Å². The highest BCUT2D eigenvalue weighted by molar-refractivity contribution is 6.21. The number of anilines is 1. The minimum atomic E-state index is -0.824. The fourth-order valence-corrected chi connectivity index (χ4v) is 2.74. The van der Waals surface area contributed by atoms with Crippen LogP contribution in [0.2, 0.25) is 0 Å². The fourth-order valence-electron chi connectivity index (χ4n) is 2.74. The van der Waals surface area contributed by atoms with Gasteiger partial charge in [-0.3, -0.25) is 19.3 Å². The van der Waals surface area contributed by atoms with Gasteiger partial charge in [-0.2, -0.15) is 0 Å². The van der Waals surface area contributed by atoms with Crippen LogP contribution in [0.5, 0.6) is 0 Å². The number of fused-ring (bicyclic) bond motifs is 1. The predicted molar refractivity (Wildman–Crippen MR) is 89.8 cm³/mol. The second-order valence-corrected chi connectivity index (χ2v) is 5.65. The van der Waals surface area contributed by atoms with Gasteiger partial charge in [-0.1, -0.05) is 12.1 Å². The van der Waals surface area contributed by atoms with E-state index in [2.05, 4.69) is 5.32 Å². The minimum absolute atomic E-state index is 0.170. The SMILES string of the molecule is NC(=O)c1ccc(NCCCN2C(=O)c3ccccc3C2=O)cc1F. The summed E-state index contributed by atoms with van der Waals surface area (Å²) in [6.07, 6.45) is 0.505. The zero-order valence-corrected chi connectivity index (χ0v) is 13.3. The highest BCUT2D eigenvalue weighted by Crippen LogP contribution is 2.22. The number of primary amides is 1. The highest BCUT2D eigenvalue weighted by Gasteiger charge is 2.34. The van der Waals surface area contributed by atoms with Crippen LogP contribution in [0.25, 0.3) is 0 Å². The van der Waals surface area contributed by atoms with Gasteiger partial charge in [0.2, 0.25) is 0 Å². The van der Waals surface area contributed by atoms with Crippen LogP contribution < -0.4 is 11.1 Å². The van der Waals surface area contributed by atoms with E-state index in [9.17, 15) is 18.8 Å². The zero-order chi connectivity index (χ0) is 18.0. The molecule has 0 aliphatic carbocycles. The number of hydrogen-bond acceptors (Lipinski definition) is 4. The van der Waals surface area contributed by atoms with Crippen molar-refractivity contribution in [1.82, 2.24) is 4.90 Å². The predicted octanol–water partition coefficient (Wildman–Crippen LogP) is 2.02. The molecule has 6 nitrogen and oxygen atoms in total. The van der Waals surface area contributed by atoms with E-state index >= 15 is 0 Å². The summed E-state index contributed by atoms with van der Waals surface area (Å²) in [5.74, 6) is -2.11. The lowest BCUT2D eigenvalue weighted by Crippen LogP contribution is -2.31. The molecule has 0 saturated carbocycles. The third-order valence-electron chi connectivity index (χ3n) is 4.00. The first-order chi connectivity index (χ1) is 12.0. The number of halogens is 1. The van der Waals surface area contributed by atoms with Crippen LogP contribution in [0.1, 0.15) is 37.5 Å². The highest BCUT2D eigenvalue weighted by atomic mass is 19.1. The van der Waals surface area contributed by atoms with Crippen molar-refractivity contribution in [3.8, 4) is 0 Å². The van der Waals surface area contributed by atoms with E-state index in [1.807, 2.05) is 0 Å². The number of nitrogens with one attached hydrogen (secondary N) is 1. The molecule has 1 aliphatic heterocycles. The maximum atomic E-state index is 13.7. The van der Waals surface area contributed by atoms with Gasteiger partial charge in [0, 0.05) is 18.8 Å². The minimum Gasteiger partial charge on any atom is -0.385 e. The Hall–Kier alpha value is -3.22. The summed E-state index contributed by atoms with van der Waals surface area (Å²) in [6.45, 7) is 0.698. The van der Waals surface area contributed by atoms with Gasteiger partial charge in [0.05, 0.1) is 16.7 Å². The number of nitrogens with two attached hydrogens (primary N) is 1. The molecule has 0 atom stereocenters. The number of imide groups is 1. The molecule has 0 bridgehead atoms. The van der Waals surface area contributed by atoms with Gasteiger partial charge in [0.15, 0.2) is 0 Å². The number of carbonyl (C=O) groups excluding carboxylic acids is 3. The Bertz CT molecular complexity index is 831. The van der Waals surface area contributed by atoms with E-state index in [0.29, 0.717) is 29.8 Å². The summed E-state index contributed by atoms with van der Waals surface area (Å²) in [7, 11) is 0. The van der Waals surface area contributed by atoms with E-state index in [1.54, 1.807) is 30.3 Å². The van der Waals surface area contributed by atoms with Crippen LogP contribution >= 0.6 is 0 Å². The monoisotopic (exact) mass is 341 g/mol. The Morgan fingerprint density at radius 1 is 1.08 bits per heavy atom. The second kappa shape index (κ2) is 6.72. The molecule has 0 fully saturated rings.